The molecule has 3 heterocycles. The van der Waals surface area contributed by atoms with Gasteiger partial charge in [-0.05, 0) is 19.1 Å². The molecule has 0 spiro atoms. The number of anilines is 1. The van der Waals surface area contributed by atoms with Crippen LogP contribution in [0.1, 0.15) is 12.6 Å². The molecular weight excluding hydrogens is 379 g/mol. The van der Waals surface area contributed by atoms with Crippen molar-refractivity contribution in [3.8, 4) is 21.7 Å². The second-order valence-corrected chi connectivity index (χ2v) is 6.24. The first-order valence-electron chi connectivity index (χ1n) is 7.87. The highest BCUT2D eigenvalue weighted by Crippen LogP contribution is 2.38. The second kappa shape index (κ2) is 7.70. The lowest BCUT2D eigenvalue weighted by molar-refractivity contribution is -0.140. The number of halogens is 3. The van der Waals surface area contributed by atoms with Crippen LogP contribution in [-0.2, 0) is 6.18 Å². The molecule has 27 heavy (non-hydrogen) atoms. The van der Waals surface area contributed by atoms with Gasteiger partial charge in [0.2, 0.25) is 0 Å². The summed E-state index contributed by atoms with van der Waals surface area (Å²) in [6, 6.07) is 4.52. The number of aromatic nitrogens is 3. The number of carbonyl (C=O) groups is 1. The molecule has 3 aromatic rings. The first kappa shape index (κ1) is 18.8. The van der Waals surface area contributed by atoms with E-state index in [2.05, 4.69) is 25.6 Å². The number of carbonyl (C=O) groups excluding carboxylic acids is 1. The van der Waals surface area contributed by atoms with Crippen LogP contribution in [0.4, 0.5) is 23.8 Å². The molecule has 0 fully saturated rings. The molecule has 0 atom stereocenters. The smallest absolute Gasteiger partial charge is 0.338 e. The van der Waals surface area contributed by atoms with Crippen LogP contribution in [0.2, 0.25) is 0 Å². The van der Waals surface area contributed by atoms with Crippen molar-refractivity contribution in [1.29, 1.82) is 0 Å². The van der Waals surface area contributed by atoms with E-state index in [9.17, 15) is 18.0 Å². The third kappa shape index (κ3) is 4.40. The van der Waals surface area contributed by atoms with Crippen molar-refractivity contribution in [1.82, 2.24) is 20.3 Å². The van der Waals surface area contributed by atoms with Gasteiger partial charge < -0.3 is 5.32 Å². The Bertz CT molecular complexity index is 943. The molecule has 0 radical (unpaired) electrons. The number of nitrogens with zero attached hydrogens (tertiary/aromatic N) is 3. The number of pyridine rings is 2. The number of rotatable bonds is 4. The zero-order valence-corrected chi connectivity index (χ0v) is 14.9. The average Bonchev–Trinajstić information content (AvgIpc) is 3.13. The number of thiazole rings is 1. The van der Waals surface area contributed by atoms with E-state index in [0.717, 1.165) is 16.7 Å². The van der Waals surface area contributed by atoms with Crippen molar-refractivity contribution in [2.24, 2.45) is 0 Å². The molecule has 10 heteroatoms. The standard InChI is InChI=1S/C17H14F3N5OS/c1-2-22-16(26)25-14-6-11(15-24-13(9-27-15)17(18,19)20)12(8-23-14)10-4-3-5-21-7-10/h3-9H,2H2,1H3,(H2,22,23,25,26). The van der Waals surface area contributed by atoms with Crippen LogP contribution in [0.5, 0.6) is 0 Å². The van der Waals surface area contributed by atoms with Crippen LogP contribution in [0.3, 0.4) is 0 Å². The van der Waals surface area contributed by atoms with Crippen LogP contribution >= 0.6 is 11.3 Å². The van der Waals surface area contributed by atoms with Gasteiger partial charge in [-0.25, -0.2) is 14.8 Å². The van der Waals surface area contributed by atoms with E-state index in [4.69, 9.17) is 0 Å². The Balaban J connectivity index is 2.07. The molecule has 0 saturated heterocycles. The molecule has 0 saturated carbocycles. The summed E-state index contributed by atoms with van der Waals surface area (Å²) in [4.78, 5) is 23.6. The van der Waals surface area contributed by atoms with E-state index in [1.807, 2.05) is 0 Å². The monoisotopic (exact) mass is 393 g/mol. The van der Waals surface area contributed by atoms with Crippen molar-refractivity contribution in [2.75, 3.05) is 11.9 Å². The summed E-state index contributed by atoms with van der Waals surface area (Å²) in [6.07, 6.45) is 0.114. The summed E-state index contributed by atoms with van der Waals surface area (Å²) in [7, 11) is 0. The zero-order chi connectivity index (χ0) is 19.4. The number of urea groups is 1. The molecule has 140 valence electrons. The number of hydrogen-bond acceptors (Lipinski definition) is 5. The zero-order valence-electron chi connectivity index (χ0n) is 14.0. The van der Waals surface area contributed by atoms with E-state index in [1.54, 1.807) is 31.5 Å². The van der Waals surface area contributed by atoms with E-state index in [-0.39, 0.29) is 10.8 Å². The molecule has 0 aromatic carbocycles. The van der Waals surface area contributed by atoms with Crippen LogP contribution in [0.15, 0.2) is 42.2 Å². The Hall–Kier alpha value is -3.01. The van der Waals surface area contributed by atoms with Gasteiger partial charge in [-0.2, -0.15) is 13.2 Å². The van der Waals surface area contributed by atoms with Gasteiger partial charge in [-0.1, -0.05) is 6.07 Å². The van der Waals surface area contributed by atoms with Crippen LogP contribution in [0, 0.1) is 0 Å². The quantitative estimate of drug-likeness (QED) is 0.687. The Labute approximate surface area is 156 Å². The Kier molecular flexibility index (Phi) is 5.36. The highest BCUT2D eigenvalue weighted by molar-refractivity contribution is 7.13. The molecule has 6 nitrogen and oxygen atoms in total. The minimum absolute atomic E-state index is 0.169. The molecule has 0 aliphatic rings. The van der Waals surface area contributed by atoms with Crippen molar-refractivity contribution in [3.05, 3.63) is 47.9 Å². The van der Waals surface area contributed by atoms with Gasteiger partial charge in [0.1, 0.15) is 10.8 Å². The van der Waals surface area contributed by atoms with Gasteiger partial charge >= 0.3 is 12.2 Å². The van der Waals surface area contributed by atoms with Crippen molar-refractivity contribution in [3.63, 3.8) is 0 Å². The summed E-state index contributed by atoms with van der Waals surface area (Å²) in [5.41, 5.74) is 0.695. The van der Waals surface area contributed by atoms with Gasteiger partial charge in [0.25, 0.3) is 0 Å². The lowest BCUT2D eigenvalue weighted by Crippen LogP contribution is -2.28. The topological polar surface area (TPSA) is 79.8 Å². The third-order valence-electron chi connectivity index (χ3n) is 3.48. The van der Waals surface area contributed by atoms with E-state index < -0.39 is 17.9 Å². The second-order valence-electron chi connectivity index (χ2n) is 5.38. The van der Waals surface area contributed by atoms with E-state index in [1.165, 1.54) is 12.3 Å². The fourth-order valence-corrected chi connectivity index (χ4v) is 3.16. The van der Waals surface area contributed by atoms with Gasteiger partial charge in [0.15, 0.2) is 5.69 Å². The number of alkyl halides is 3. The van der Waals surface area contributed by atoms with E-state index >= 15 is 0 Å². The molecular formula is C17H14F3N5OS. The Morgan fingerprint density at radius 3 is 2.70 bits per heavy atom. The van der Waals surface area contributed by atoms with Gasteiger partial charge in [-0.3, -0.25) is 10.3 Å². The lowest BCUT2D eigenvalue weighted by atomic mass is 10.0. The molecule has 0 bridgehead atoms. The van der Waals surface area contributed by atoms with Crippen molar-refractivity contribution in [2.45, 2.75) is 13.1 Å². The maximum absolute atomic E-state index is 12.9. The van der Waals surface area contributed by atoms with Crippen LogP contribution in [-0.4, -0.2) is 27.5 Å². The van der Waals surface area contributed by atoms with Crippen LogP contribution < -0.4 is 10.6 Å². The first-order valence-corrected chi connectivity index (χ1v) is 8.75. The summed E-state index contributed by atoms with van der Waals surface area (Å²) in [6.45, 7) is 2.19. The van der Waals surface area contributed by atoms with Gasteiger partial charge in [0.05, 0.1) is 0 Å². The van der Waals surface area contributed by atoms with E-state index in [0.29, 0.717) is 23.2 Å². The largest absolute Gasteiger partial charge is 0.434 e. The molecule has 3 aromatic heterocycles. The predicted octanol–water partition coefficient (Wildman–Crippen LogP) is 4.43. The fourth-order valence-electron chi connectivity index (χ4n) is 2.30. The normalized spacial score (nSPS) is 11.3. The Morgan fingerprint density at radius 1 is 1.26 bits per heavy atom. The lowest BCUT2D eigenvalue weighted by Gasteiger charge is -2.11. The molecule has 2 amide bonds. The molecule has 2 N–H and O–H groups in total. The summed E-state index contributed by atoms with van der Waals surface area (Å²) < 4.78 is 38.8. The summed E-state index contributed by atoms with van der Waals surface area (Å²) in [5.74, 6) is 0.201. The molecule has 3 rings (SSSR count). The predicted molar refractivity (Wildman–Crippen MR) is 96.3 cm³/mol. The highest BCUT2D eigenvalue weighted by atomic mass is 32.1. The highest BCUT2D eigenvalue weighted by Gasteiger charge is 2.34. The Morgan fingerprint density at radius 2 is 2.07 bits per heavy atom. The summed E-state index contributed by atoms with van der Waals surface area (Å²) in [5, 5.41) is 6.24. The number of amides is 2. The molecule has 0 aliphatic carbocycles. The maximum Gasteiger partial charge on any atom is 0.434 e. The van der Waals surface area contributed by atoms with Crippen LogP contribution in [0.25, 0.3) is 21.7 Å². The first-order chi connectivity index (χ1) is 12.9. The minimum Gasteiger partial charge on any atom is -0.338 e. The SMILES string of the molecule is CCNC(=O)Nc1cc(-c2nc(C(F)(F)F)cs2)c(-c2cccnc2)cn1. The number of hydrogen-bond donors (Lipinski definition) is 2. The van der Waals surface area contributed by atoms with Gasteiger partial charge in [-0.15, -0.1) is 11.3 Å². The van der Waals surface area contributed by atoms with Gasteiger partial charge in [0, 0.05) is 47.2 Å². The molecule has 0 unspecified atom stereocenters. The minimum atomic E-state index is -4.53. The molecule has 0 aliphatic heterocycles. The van der Waals surface area contributed by atoms with Crippen molar-refractivity contribution < 1.29 is 18.0 Å². The number of nitrogens with one attached hydrogen (secondary N) is 2. The third-order valence-corrected chi connectivity index (χ3v) is 4.36. The summed E-state index contributed by atoms with van der Waals surface area (Å²) >= 11 is 0.869. The van der Waals surface area contributed by atoms with Crippen molar-refractivity contribution >= 4 is 23.2 Å². The fraction of sp³-hybridized carbons (Fsp3) is 0.176. The maximum atomic E-state index is 12.9. The average molecular weight is 393 g/mol.